The summed E-state index contributed by atoms with van der Waals surface area (Å²) in [7, 11) is 4.16. The van der Waals surface area contributed by atoms with E-state index >= 15 is 0 Å². The van der Waals surface area contributed by atoms with Gasteiger partial charge in [0.05, 0.1) is 0 Å². The van der Waals surface area contributed by atoms with Gasteiger partial charge in [-0.2, -0.15) is 0 Å². The van der Waals surface area contributed by atoms with E-state index in [1.165, 1.54) is 11.3 Å². The van der Waals surface area contributed by atoms with E-state index < -0.39 is 0 Å². The maximum absolute atomic E-state index is 6.00. The van der Waals surface area contributed by atoms with E-state index in [1.807, 2.05) is 13.1 Å². The number of benzene rings is 1. The fourth-order valence-electron chi connectivity index (χ4n) is 2.31. The Hall–Kier alpha value is -0.730. The van der Waals surface area contributed by atoms with Gasteiger partial charge in [0.2, 0.25) is 0 Å². The number of likely N-dealkylation sites (N-methyl/N-ethyl adjacent to an activating group) is 2. The van der Waals surface area contributed by atoms with Crippen molar-refractivity contribution < 1.29 is 0 Å². The third kappa shape index (κ3) is 1.84. The van der Waals surface area contributed by atoms with E-state index in [0.717, 1.165) is 11.4 Å². The Kier molecular flexibility index (Phi) is 2.89. The van der Waals surface area contributed by atoms with Gasteiger partial charge < -0.3 is 10.2 Å². The number of hydrogen-bond donors (Lipinski definition) is 1. The number of halogens is 1. The van der Waals surface area contributed by atoms with Crippen LogP contribution in [0.3, 0.4) is 0 Å². The van der Waals surface area contributed by atoms with Crippen LogP contribution < -0.4 is 10.2 Å². The van der Waals surface area contributed by atoms with Gasteiger partial charge in [-0.1, -0.05) is 11.6 Å². The lowest BCUT2D eigenvalue weighted by atomic mass is 10.1. The number of nitrogens with one attached hydrogen (secondary N) is 1. The van der Waals surface area contributed by atoms with Crippen LogP contribution in [0.5, 0.6) is 0 Å². The Balaban J connectivity index is 2.28. The quantitative estimate of drug-likeness (QED) is 0.830. The zero-order valence-electron chi connectivity index (χ0n) is 9.42. The Morgan fingerprint density at radius 2 is 2.27 bits per heavy atom. The van der Waals surface area contributed by atoms with Crippen molar-refractivity contribution in [2.75, 3.05) is 19.0 Å². The molecule has 2 rings (SSSR count). The SMILES string of the molecule is CNC(C)C1Cc2cc(Cl)ccc2N1C. The van der Waals surface area contributed by atoms with Crippen molar-refractivity contribution in [1.82, 2.24) is 5.32 Å². The van der Waals surface area contributed by atoms with Crippen molar-refractivity contribution in [2.45, 2.75) is 25.4 Å². The molecule has 0 saturated heterocycles. The first-order valence-corrected chi connectivity index (χ1v) is 5.70. The van der Waals surface area contributed by atoms with Crippen molar-refractivity contribution >= 4 is 17.3 Å². The van der Waals surface area contributed by atoms with Crippen molar-refractivity contribution in [3.05, 3.63) is 28.8 Å². The van der Waals surface area contributed by atoms with Crippen molar-refractivity contribution in [3.63, 3.8) is 0 Å². The molecule has 2 nitrogen and oxygen atoms in total. The van der Waals surface area contributed by atoms with E-state index in [4.69, 9.17) is 11.6 Å². The Morgan fingerprint density at radius 1 is 1.53 bits per heavy atom. The monoisotopic (exact) mass is 224 g/mol. The zero-order chi connectivity index (χ0) is 11.0. The largest absolute Gasteiger partial charge is 0.369 e. The van der Waals surface area contributed by atoms with Gasteiger partial charge in [-0.25, -0.2) is 0 Å². The van der Waals surface area contributed by atoms with E-state index in [9.17, 15) is 0 Å². The summed E-state index contributed by atoms with van der Waals surface area (Å²) in [6, 6.07) is 7.17. The molecule has 1 N–H and O–H groups in total. The predicted octanol–water partition coefficient (Wildman–Crippen LogP) is 2.31. The molecular weight excluding hydrogens is 208 g/mol. The lowest BCUT2D eigenvalue weighted by Gasteiger charge is -2.27. The third-order valence-electron chi connectivity index (χ3n) is 3.38. The lowest BCUT2D eigenvalue weighted by Crippen LogP contribution is -2.44. The van der Waals surface area contributed by atoms with Crippen LogP contribution in [0, 0.1) is 0 Å². The highest BCUT2D eigenvalue weighted by Gasteiger charge is 2.29. The molecule has 2 atom stereocenters. The van der Waals surface area contributed by atoms with Gasteiger partial charge in [0, 0.05) is 29.8 Å². The number of nitrogens with zero attached hydrogens (tertiary/aromatic N) is 1. The van der Waals surface area contributed by atoms with Crippen LogP contribution >= 0.6 is 11.6 Å². The highest BCUT2D eigenvalue weighted by molar-refractivity contribution is 6.30. The molecule has 0 amide bonds. The third-order valence-corrected chi connectivity index (χ3v) is 3.62. The van der Waals surface area contributed by atoms with Crippen molar-refractivity contribution in [3.8, 4) is 0 Å². The molecule has 0 spiro atoms. The van der Waals surface area contributed by atoms with Gasteiger partial charge in [-0.15, -0.1) is 0 Å². The van der Waals surface area contributed by atoms with Gasteiger partial charge in [0.15, 0.2) is 0 Å². The molecule has 0 aromatic heterocycles. The van der Waals surface area contributed by atoms with Gasteiger partial charge in [0.1, 0.15) is 0 Å². The predicted molar refractivity (Wildman–Crippen MR) is 65.9 cm³/mol. The molecule has 2 unspecified atom stereocenters. The summed E-state index contributed by atoms with van der Waals surface area (Å²) in [5, 5.41) is 4.15. The number of hydrogen-bond acceptors (Lipinski definition) is 2. The molecule has 1 aliphatic rings. The first-order valence-electron chi connectivity index (χ1n) is 5.32. The highest BCUT2D eigenvalue weighted by Crippen LogP contribution is 2.33. The molecule has 0 radical (unpaired) electrons. The maximum Gasteiger partial charge on any atom is 0.0478 e. The van der Waals surface area contributed by atoms with E-state index in [2.05, 4.69) is 36.3 Å². The topological polar surface area (TPSA) is 15.3 Å². The standard InChI is InChI=1S/C12H17ClN2/c1-8(14-2)12-7-9-6-10(13)4-5-11(9)15(12)3/h4-6,8,12,14H,7H2,1-3H3. The molecular formula is C12H17ClN2. The Labute approximate surface area is 96.2 Å². The van der Waals surface area contributed by atoms with E-state index in [1.54, 1.807) is 0 Å². The molecule has 1 aromatic rings. The summed E-state index contributed by atoms with van der Waals surface area (Å²) in [4.78, 5) is 2.34. The number of fused-ring (bicyclic) bond motifs is 1. The van der Waals surface area contributed by atoms with Crippen molar-refractivity contribution in [1.29, 1.82) is 0 Å². The van der Waals surface area contributed by atoms with Gasteiger partial charge >= 0.3 is 0 Å². The van der Waals surface area contributed by atoms with Crippen LogP contribution in [0.1, 0.15) is 12.5 Å². The Bertz CT molecular complexity index is 365. The second-order valence-corrected chi connectivity index (χ2v) is 4.67. The minimum atomic E-state index is 0.487. The smallest absolute Gasteiger partial charge is 0.0478 e. The molecule has 1 aromatic carbocycles. The molecule has 15 heavy (non-hydrogen) atoms. The molecule has 1 heterocycles. The fraction of sp³-hybridized carbons (Fsp3) is 0.500. The van der Waals surface area contributed by atoms with Crippen LogP contribution in [-0.2, 0) is 6.42 Å². The average Bonchev–Trinajstić information content (AvgIpc) is 2.54. The first kappa shape index (κ1) is 10.8. The fourth-order valence-corrected chi connectivity index (χ4v) is 2.50. The van der Waals surface area contributed by atoms with Crippen LogP contribution in [0.2, 0.25) is 5.02 Å². The normalized spacial score (nSPS) is 21.6. The zero-order valence-corrected chi connectivity index (χ0v) is 10.2. The van der Waals surface area contributed by atoms with Crippen molar-refractivity contribution in [2.24, 2.45) is 0 Å². The first-order chi connectivity index (χ1) is 7.13. The number of anilines is 1. The highest BCUT2D eigenvalue weighted by atomic mass is 35.5. The van der Waals surface area contributed by atoms with Crippen LogP contribution in [0.4, 0.5) is 5.69 Å². The van der Waals surface area contributed by atoms with Gasteiger partial charge in [-0.05, 0) is 44.2 Å². The Morgan fingerprint density at radius 3 is 2.93 bits per heavy atom. The minimum Gasteiger partial charge on any atom is -0.369 e. The summed E-state index contributed by atoms with van der Waals surface area (Å²) in [6.07, 6.45) is 1.08. The number of rotatable bonds is 2. The van der Waals surface area contributed by atoms with E-state index in [-0.39, 0.29) is 0 Å². The summed E-state index contributed by atoms with van der Waals surface area (Å²) in [5.74, 6) is 0. The molecule has 0 bridgehead atoms. The second kappa shape index (κ2) is 4.03. The van der Waals surface area contributed by atoms with Gasteiger partial charge in [0.25, 0.3) is 0 Å². The van der Waals surface area contributed by atoms with Gasteiger partial charge in [-0.3, -0.25) is 0 Å². The average molecular weight is 225 g/mol. The van der Waals surface area contributed by atoms with Crippen LogP contribution in [-0.4, -0.2) is 26.2 Å². The molecule has 82 valence electrons. The molecule has 0 aliphatic carbocycles. The summed E-state index contributed by atoms with van der Waals surface area (Å²) >= 11 is 6.00. The second-order valence-electron chi connectivity index (χ2n) is 4.23. The molecule has 3 heteroatoms. The summed E-state index contributed by atoms with van der Waals surface area (Å²) < 4.78 is 0. The molecule has 1 aliphatic heterocycles. The molecule has 0 fully saturated rings. The summed E-state index contributed by atoms with van der Waals surface area (Å²) in [6.45, 7) is 2.22. The molecule has 0 saturated carbocycles. The lowest BCUT2D eigenvalue weighted by molar-refractivity contribution is 0.488. The van der Waals surface area contributed by atoms with Crippen LogP contribution in [0.25, 0.3) is 0 Å². The van der Waals surface area contributed by atoms with E-state index in [0.29, 0.717) is 12.1 Å². The van der Waals surface area contributed by atoms with Crippen LogP contribution in [0.15, 0.2) is 18.2 Å². The maximum atomic E-state index is 6.00. The summed E-state index contributed by atoms with van der Waals surface area (Å²) in [5.41, 5.74) is 2.67. The minimum absolute atomic E-state index is 0.487.